The third kappa shape index (κ3) is 5.85. The van der Waals surface area contributed by atoms with Crippen molar-refractivity contribution in [2.45, 2.75) is 51.2 Å². The molecule has 2 aromatic carbocycles. The second-order valence-electron chi connectivity index (χ2n) is 8.45. The first-order valence-corrected chi connectivity index (χ1v) is 10.6. The smallest absolute Gasteiger partial charge is 0.407 e. The molecule has 0 bridgehead atoms. The molecule has 0 aliphatic heterocycles. The molecule has 2 aromatic rings. The van der Waals surface area contributed by atoms with Crippen LogP contribution in [0, 0.1) is 0 Å². The molecule has 0 aromatic heterocycles. The van der Waals surface area contributed by atoms with Crippen LogP contribution in [-0.4, -0.2) is 35.6 Å². The van der Waals surface area contributed by atoms with Crippen molar-refractivity contribution in [2.24, 2.45) is 0 Å². The van der Waals surface area contributed by atoms with Crippen molar-refractivity contribution >= 4 is 28.9 Å². The van der Waals surface area contributed by atoms with Crippen molar-refractivity contribution in [3.05, 3.63) is 59.7 Å². The first-order valence-electron chi connectivity index (χ1n) is 10.2. The summed E-state index contributed by atoms with van der Waals surface area (Å²) in [5.74, 6) is -0.560. The Labute approximate surface area is 186 Å². The Morgan fingerprint density at radius 1 is 1.00 bits per heavy atom. The van der Waals surface area contributed by atoms with Gasteiger partial charge in [-0.15, -0.1) is 0 Å². The van der Waals surface area contributed by atoms with Crippen LogP contribution in [0.4, 0.5) is 4.79 Å². The predicted molar refractivity (Wildman–Crippen MR) is 118 cm³/mol. The second-order valence-corrected chi connectivity index (χ2v) is 8.82. The van der Waals surface area contributed by atoms with Crippen LogP contribution in [0.2, 0.25) is 0 Å². The van der Waals surface area contributed by atoms with Gasteiger partial charge < -0.3 is 14.8 Å². The summed E-state index contributed by atoms with van der Waals surface area (Å²) in [7, 11) is 0. The van der Waals surface area contributed by atoms with Crippen LogP contribution in [0.3, 0.4) is 0 Å². The molecule has 1 amide bonds. The topological polar surface area (TPSA) is 81.7 Å². The minimum atomic E-state index is -1.04. The van der Waals surface area contributed by atoms with Crippen molar-refractivity contribution in [3.8, 4) is 11.1 Å². The molecule has 0 radical (unpaired) electrons. The average Bonchev–Trinajstić information content (AvgIpc) is 3.02. The van der Waals surface area contributed by atoms with Gasteiger partial charge in [-0.25, -0.2) is 4.79 Å². The summed E-state index contributed by atoms with van der Waals surface area (Å²) in [6.45, 7) is 5.38. The van der Waals surface area contributed by atoms with Crippen molar-refractivity contribution in [1.82, 2.24) is 5.32 Å². The fourth-order valence-corrected chi connectivity index (χ4v) is 3.84. The van der Waals surface area contributed by atoms with Gasteiger partial charge in [0.25, 0.3) is 0 Å². The molecule has 6 nitrogen and oxygen atoms in total. The van der Waals surface area contributed by atoms with Crippen LogP contribution in [0.25, 0.3) is 11.1 Å². The van der Waals surface area contributed by atoms with E-state index in [1.807, 2.05) is 48.5 Å². The van der Waals surface area contributed by atoms with Gasteiger partial charge in [0.15, 0.2) is 0 Å². The number of carbonyl (C=O) groups is 3. The summed E-state index contributed by atoms with van der Waals surface area (Å²) in [6.07, 6.45) is -0.782. The average molecular weight is 444 g/mol. The number of benzene rings is 2. The molecule has 3 rings (SSSR count). The maximum Gasteiger partial charge on any atom is 0.407 e. The molecule has 164 valence electrons. The van der Waals surface area contributed by atoms with E-state index in [1.54, 1.807) is 20.8 Å². The number of halogens is 1. The van der Waals surface area contributed by atoms with Crippen LogP contribution in [0.5, 0.6) is 0 Å². The minimum Gasteiger partial charge on any atom is -0.460 e. The number of rotatable bonds is 7. The summed E-state index contributed by atoms with van der Waals surface area (Å²) in [4.78, 5) is 35.9. The summed E-state index contributed by atoms with van der Waals surface area (Å²) >= 11 is 5.60. The first-order chi connectivity index (χ1) is 14.7. The number of nitrogens with one attached hydrogen (secondary N) is 1. The largest absolute Gasteiger partial charge is 0.460 e. The summed E-state index contributed by atoms with van der Waals surface area (Å²) < 4.78 is 10.6. The lowest BCUT2D eigenvalue weighted by atomic mass is 9.98. The van der Waals surface area contributed by atoms with Gasteiger partial charge in [-0.05, 0) is 61.0 Å². The highest BCUT2D eigenvalue weighted by Crippen LogP contribution is 2.44. The normalized spacial score (nSPS) is 13.7. The lowest BCUT2D eigenvalue weighted by Gasteiger charge is -2.21. The Hall–Kier alpha value is -2.86. The van der Waals surface area contributed by atoms with Gasteiger partial charge in [0, 0.05) is 12.3 Å². The Morgan fingerprint density at radius 3 is 2.06 bits per heavy atom. The van der Waals surface area contributed by atoms with Crippen molar-refractivity contribution in [2.75, 3.05) is 6.61 Å². The lowest BCUT2D eigenvalue weighted by molar-refractivity contribution is -0.155. The third-order valence-corrected chi connectivity index (χ3v) is 5.23. The number of fused-ring (bicyclic) bond motifs is 3. The summed E-state index contributed by atoms with van der Waals surface area (Å²) in [5.41, 5.74) is 3.80. The van der Waals surface area contributed by atoms with Crippen molar-refractivity contribution < 1.29 is 23.9 Å². The molecule has 7 heteroatoms. The number of alkyl carbamates (subject to hydrolysis) is 1. The molecule has 0 fully saturated rings. The van der Waals surface area contributed by atoms with Gasteiger partial charge in [0.2, 0.25) is 5.24 Å². The van der Waals surface area contributed by atoms with E-state index in [-0.39, 0.29) is 25.4 Å². The molecule has 31 heavy (non-hydrogen) atoms. The van der Waals surface area contributed by atoms with Crippen LogP contribution in [-0.2, 0) is 19.1 Å². The van der Waals surface area contributed by atoms with Gasteiger partial charge in [0.1, 0.15) is 18.2 Å². The monoisotopic (exact) mass is 443 g/mol. The maximum atomic E-state index is 12.4. The fraction of sp³-hybridized carbons (Fsp3) is 0.375. The number of carbonyl (C=O) groups excluding carboxylic acids is 3. The highest BCUT2D eigenvalue weighted by molar-refractivity contribution is 6.64. The van der Waals surface area contributed by atoms with E-state index in [9.17, 15) is 14.4 Å². The number of hydrogen-bond donors (Lipinski definition) is 1. The number of hydrogen-bond acceptors (Lipinski definition) is 5. The molecule has 1 atom stereocenters. The van der Waals surface area contributed by atoms with Gasteiger partial charge >= 0.3 is 12.1 Å². The molecule has 0 saturated carbocycles. The van der Waals surface area contributed by atoms with Gasteiger partial charge in [-0.2, -0.15) is 0 Å². The van der Waals surface area contributed by atoms with E-state index in [1.165, 1.54) is 0 Å². The number of amides is 1. The molecule has 0 unspecified atom stereocenters. The van der Waals surface area contributed by atoms with E-state index in [0.717, 1.165) is 22.3 Å². The van der Waals surface area contributed by atoms with Crippen LogP contribution < -0.4 is 5.32 Å². The zero-order valence-electron chi connectivity index (χ0n) is 17.8. The summed E-state index contributed by atoms with van der Waals surface area (Å²) in [6, 6.07) is 15.0. The molecular weight excluding hydrogens is 418 g/mol. The van der Waals surface area contributed by atoms with Crippen LogP contribution >= 0.6 is 11.6 Å². The van der Waals surface area contributed by atoms with E-state index in [0.29, 0.717) is 0 Å². The molecule has 1 aliphatic carbocycles. The number of ether oxygens (including phenoxy) is 2. The Bertz CT molecular complexity index is 936. The molecule has 0 saturated heterocycles. The zero-order chi connectivity index (χ0) is 22.6. The van der Waals surface area contributed by atoms with Gasteiger partial charge in [0.05, 0.1) is 0 Å². The Balaban J connectivity index is 1.59. The molecule has 1 aliphatic rings. The fourth-order valence-electron chi connectivity index (χ4n) is 3.68. The standard InChI is InChI=1S/C24H26ClNO5/c1-24(2,3)31-21(27)13-12-20(22(25)28)26-23(29)30-14-19-17-10-6-4-8-15(17)16-9-5-7-11-18(16)19/h4-11,19-20H,12-14H2,1-3H3,(H,26,29)/t20-/m0/s1. The minimum absolute atomic E-state index is 0.0292. The van der Waals surface area contributed by atoms with Crippen molar-refractivity contribution in [1.29, 1.82) is 0 Å². The predicted octanol–water partition coefficient (Wildman–Crippen LogP) is 4.78. The number of esters is 1. The quantitative estimate of drug-likeness (QED) is 0.492. The highest BCUT2D eigenvalue weighted by atomic mass is 35.5. The van der Waals surface area contributed by atoms with Gasteiger partial charge in [-0.3, -0.25) is 9.59 Å². The lowest BCUT2D eigenvalue weighted by Crippen LogP contribution is -2.40. The van der Waals surface area contributed by atoms with E-state index in [2.05, 4.69) is 5.32 Å². The SMILES string of the molecule is CC(C)(C)OC(=O)CC[C@H](NC(=O)OCC1c2ccccc2-c2ccccc21)C(=O)Cl. The van der Waals surface area contributed by atoms with E-state index < -0.39 is 28.9 Å². The highest BCUT2D eigenvalue weighted by Gasteiger charge is 2.30. The van der Waals surface area contributed by atoms with Crippen LogP contribution in [0.1, 0.15) is 50.7 Å². The van der Waals surface area contributed by atoms with Gasteiger partial charge in [-0.1, -0.05) is 48.5 Å². The zero-order valence-corrected chi connectivity index (χ0v) is 18.6. The Morgan fingerprint density at radius 2 is 1.55 bits per heavy atom. The molecule has 0 spiro atoms. The summed E-state index contributed by atoms with van der Waals surface area (Å²) in [5, 5.41) is 1.69. The second kappa shape index (κ2) is 9.52. The molecular formula is C24H26ClNO5. The molecule has 1 N–H and O–H groups in total. The van der Waals surface area contributed by atoms with E-state index >= 15 is 0 Å². The Kier molecular flexibility index (Phi) is 7.01. The van der Waals surface area contributed by atoms with Crippen molar-refractivity contribution in [3.63, 3.8) is 0 Å². The third-order valence-electron chi connectivity index (χ3n) is 4.97. The van der Waals surface area contributed by atoms with E-state index in [4.69, 9.17) is 21.1 Å². The molecule has 0 heterocycles. The first kappa shape index (κ1) is 22.8. The maximum absolute atomic E-state index is 12.4. The van der Waals surface area contributed by atoms with Crippen LogP contribution in [0.15, 0.2) is 48.5 Å².